The van der Waals surface area contributed by atoms with Gasteiger partial charge in [0.15, 0.2) is 0 Å². The van der Waals surface area contributed by atoms with Gasteiger partial charge in [-0.05, 0) is 48.4 Å². The lowest BCUT2D eigenvalue weighted by molar-refractivity contribution is 0.223. The van der Waals surface area contributed by atoms with Crippen LogP contribution in [0.3, 0.4) is 0 Å². The van der Waals surface area contributed by atoms with Crippen molar-refractivity contribution in [2.75, 3.05) is 12.4 Å². The Morgan fingerprint density at radius 3 is 2.72 bits per heavy atom. The lowest BCUT2D eigenvalue weighted by atomic mass is 9.85. The predicted molar refractivity (Wildman–Crippen MR) is 120 cm³/mol. The van der Waals surface area contributed by atoms with E-state index in [1.54, 1.807) is 19.6 Å². The van der Waals surface area contributed by atoms with Crippen LogP contribution >= 0.6 is 0 Å². The van der Waals surface area contributed by atoms with Gasteiger partial charge in [0.2, 0.25) is 5.95 Å². The summed E-state index contributed by atoms with van der Waals surface area (Å²) < 4.78 is 13.9. The Morgan fingerprint density at radius 1 is 1.06 bits per heavy atom. The summed E-state index contributed by atoms with van der Waals surface area (Å²) in [6.07, 6.45) is 4.91. The van der Waals surface area contributed by atoms with Crippen molar-refractivity contribution in [1.29, 1.82) is 0 Å². The van der Waals surface area contributed by atoms with E-state index in [-0.39, 0.29) is 12.1 Å². The third-order valence-electron chi connectivity index (χ3n) is 5.99. The van der Waals surface area contributed by atoms with Crippen molar-refractivity contribution in [1.82, 2.24) is 19.7 Å². The molecule has 0 bridgehead atoms. The Balaban J connectivity index is 1.61. The highest BCUT2D eigenvalue weighted by Gasteiger charge is 2.41. The molecule has 1 N–H and O–H groups in total. The zero-order valence-corrected chi connectivity index (χ0v) is 17.7. The van der Waals surface area contributed by atoms with Crippen LogP contribution < -0.4 is 14.8 Å². The second-order valence-corrected chi connectivity index (χ2v) is 7.94. The summed E-state index contributed by atoms with van der Waals surface area (Å²) >= 11 is 0. The van der Waals surface area contributed by atoms with Crippen LogP contribution in [0.5, 0.6) is 11.5 Å². The molecule has 2 aromatic carbocycles. The molecule has 158 valence electrons. The fourth-order valence-electron chi connectivity index (χ4n) is 4.50. The Bertz CT molecular complexity index is 1330. The van der Waals surface area contributed by atoms with Crippen LogP contribution in [0.15, 0.2) is 78.9 Å². The number of hydrogen-bond acceptors (Lipinski definition) is 6. The predicted octanol–water partition coefficient (Wildman–Crippen LogP) is 4.55. The normalized spacial score (nSPS) is 18.7. The molecule has 0 saturated carbocycles. The largest absolute Gasteiger partial charge is 0.497 e. The fraction of sp³-hybridized carbons (Fsp3) is 0.160. The van der Waals surface area contributed by atoms with Gasteiger partial charge in [0, 0.05) is 23.5 Å². The highest BCUT2D eigenvalue weighted by Crippen LogP contribution is 2.50. The summed E-state index contributed by atoms with van der Waals surface area (Å²) in [5.41, 5.74) is 6.31. The lowest BCUT2D eigenvalue weighted by Gasteiger charge is -2.39. The maximum Gasteiger partial charge on any atom is 0.226 e. The molecule has 0 fully saturated rings. The molecule has 7 heteroatoms. The highest BCUT2D eigenvalue weighted by atomic mass is 16.5. The first kappa shape index (κ1) is 18.6. The van der Waals surface area contributed by atoms with E-state index in [1.807, 2.05) is 47.3 Å². The van der Waals surface area contributed by atoms with Crippen LogP contribution in [-0.2, 0) is 0 Å². The molecule has 0 radical (unpaired) electrons. The van der Waals surface area contributed by atoms with Gasteiger partial charge in [-0.15, -0.1) is 0 Å². The van der Waals surface area contributed by atoms with Crippen molar-refractivity contribution in [2.45, 2.75) is 19.1 Å². The minimum Gasteiger partial charge on any atom is -0.497 e. The average molecular weight is 423 g/mol. The summed E-state index contributed by atoms with van der Waals surface area (Å²) in [7, 11) is 1.67. The SMILES string of the molecule is COc1ccc([C@@H]2Oc3ccc(C)cc3C3=C2[C@@H](c2cccnc2)n2ncnc2N3)cc1. The number of aromatic nitrogens is 4. The molecular formula is C25H21N5O2. The third kappa shape index (κ3) is 2.85. The van der Waals surface area contributed by atoms with Gasteiger partial charge in [0.25, 0.3) is 0 Å². The number of rotatable bonds is 3. The second-order valence-electron chi connectivity index (χ2n) is 7.94. The first-order chi connectivity index (χ1) is 15.7. The van der Waals surface area contributed by atoms with Gasteiger partial charge in [-0.2, -0.15) is 10.1 Å². The van der Waals surface area contributed by atoms with Gasteiger partial charge in [-0.25, -0.2) is 4.68 Å². The summed E-state index contributed by atoms with van der Waals surface area (Å²) in [4.78, 5) is 8.84. The third-order valence-corrected chi connectivity index (χ3v) is 5.99. The van der Waals surface area contributed by atoms with Gasteiger partial charge in [-0.1, -0.05) is 29.8 Å². The summed E-state index contributed by atoms with van der Waals surface area (Å²) in [6, 6.07) is 18.1. The van der Waals surface area contributed by atoms with Crippen LogP contribution in [0.1, 0.15) is 34.4 Å². The Hall–Kier alpha value is -4.13. The van der Waals surface area contributed by atoms with E-state index in [2.05, 4.69) is 45.5 Å². The molecule has 2 aromatic heterocycles. The molecule has 0 aliphatic carbocycles. The number of aryl methyl sites for hydroxylation is 1. The molecule has 0 saturated heterocycles. The minimum absolute atomic E-state index is 0.210. The van der Waals surface area contributed by atoms with Crippen molar-refractivity contribution >= 4 is 11.6 Å². The van der Waals surface area contributed by atoms with Gasteiger partial charge >= 0.3 is 0 Å². The first-order valence-corrected chi connectivity index (χ1v) is 10.4. The molecular weight excluding hydrogens is 402 g/mol. The van der Waals surface area contributed by atoms with Crippen LogP contribution in [0.4, 0.5) is 5.95 Å². The second kappa shape index (κ2) is 7.23. The zero-order valence-electron chi connectivity index (χ0n) is 17.7. The van der Waals surface area contributed by atoms with Crippen molar-refractivity contribution in [3.63, 3.8) is 0 Å². The molecule has 2 aliphatic rings. The van der Waals surface area contributed by atoms with Crippen LogP contribution in [0, 0.1) is 6.92 Å². The number of nitrogens with zero attached hydrogens (tertiary/aromatic N) is 4. The molecule has 6 rings (SSSR count). The van der Waals surface area contributed by atoms with E-state index in [4.69, 9.17) is 9.47 Å². The Morgan fingerprint density at radius 2 is 1.94 bits per heavy atom. The summed E-state index contributed by atoms with van der Waals surface area (Å²) in [6.45, 7) is 2.08. The molecule has 0 unspecified atom stereocenters. The van der Waals surface area contributed by atoms with E-state index in [0.717, 1.165) is 45.0 Å². The molecule has 32 heavy (non-hydrogen) atoms. The van der Waals surface area contributed by atoms with Gasteiger partial charge in [-0.3, -0.25) is 4.98 Å². The van der Waals surface area contributed by atoms with Crippen molar-refractivity contribution < 1.29 is 9.47 Å². The molecule has 4 aromatic rings. The average Bonchev–Trinajstić information content (AvgIpc) is 3.31. The summed E-state index contributed by atoms with van der Waals surface area (Å²) in [5.74, 6) is 2.33. The van der Waals surface area contributed by atoms with Crippen LogP contribution in [0.25, 0.3) is 5.70 Å². The van der Waals surface area contributed by atoms with E-state index in [1.165, 1.54) is 0 Å². The number of nitrogens with one attached hydrogen (secondary N) is 1. The minimum atomic E-state index is -0.318. The van der Waals surface area contributed by atoms with Gasteiger partial charge in [0.05, 0.1) is 12.8 Å². The lowest BCUT2D eigenvalue weighted by Crippen LogP contribution is -2.32. The topological polar surface area (TPSA) is 74.1 Å². The van der Waals surface area contributed by atoms with Crippen LogP contribution in [-0.4, -0.2) is 26.9 Å². The maximum absolute atomic E-state index is 6.64. The maximum atomic E-state index is 6.64. The number of methoxy groups -OCH3 is 1. The van der Waals surface area contributed by atoms with E-state index >= 15 is 0 Å². The molecule has 2 aliphatic heterocycles. The Kier molecular flexibility index (Phi) is 4.21. The highest BCUT2D eigenvalue weighted by molar-refractivity contribution is 5.85. The fourth-order valence-corrected chi connectivity index (χ4v) is 4.50. The van der Waals surface area contributed by atoms with Crippen molar-refractivity contribution in [3.8, 4) is 11.5 Å². The van der Waals surface area contributed by atoms with Crippen LogP contribution in [0.2, 0.25) is 0 Å². The number of pyridine rings is 1. The van der Waals surface area contributed by atoms with Crippen molar-refractivity contribution in [2.24, 2.45) is 0 Å². The molecule has 4 heterocycles. The standard InChI is InChI=1S/C25H21N5O2/c1-15-5-10-20-19(12-15)22-21(24(32-20)16-6-8-18(31-2)9-7-16)23(17-4-3-11-26-13-17)30-25(29-22)27-14-28-30/h3-14,23-24H,1-2H3,(H,27,28,29)/t23-,24+/m1/s1. The number of anilines is 1. The molecule has 0 spiro atoms. The van der Waals surface area contributed by atoms with Gasteiger partial charge < -0.3 is 14.8 Å². The van der Waals surface area contributed by atoms with Crippen molar-refractivity contribution in [3.05, 3.63) is 101 Å². The smallest absolute Gasteiger partial charge is 0.226 e. The monoisotopic (exact) mass is 423 g/mol. The van der Waals surface area contributed by atoms with E-state index in [0.29, 0.717) is 5.95 Å². The Labute approximate surface area is 185 Å². The molecule has 0 amide bonds. The zero-order chi connectivity index (χ0) is 21.7. The number of benzene rings is 2. The molecule has 2 atom stereocenters. The first-order valence-electron chi connectivity index (χ1n) is 10.4. The summed E-state index contributed by atoms with van der Waals surface area (Å²) in [5, 5.41) is 8.07. The number of fused-ring (bicyclic) bond motifs is 3. The van der Waals surface area contributed by atoms with E-state index in [9.17, 15) is 0 Å². The quantitative estimate of drug-likeness (QED) is 0.521. The van der Waals surface area contributed by atoms with Gasteiger partial charge in [0.1, 0.15) is 30.0 Å². The van der Waals surface area contributed by atoms with E-state index < -0.39 is 0 Å². The number of hydrogen-bond donors (Lipinski definition) is 1. The number of ether oxygens (including phenoxy) is 2. The molecule has 7 nitrogen and oxygen atoms in total.